The molecule has 0 aromatic heterocycles. The second kappa shape index (κ2) is 10.3. The smallest absolute Gasteiger partial charge is 0.257 e. The van der Waals surface area contributed by atoms with Crippen molar-refractivity contribution < 1.29 is 13.9 Å². The van der Waals surface area contributed by atoms with Crippen molar-refractivity contribution in [2.45, 2.75) is 13.0 Å². The Kier molecular flexibility index (Phi) is 6.84. The second-order valence-electron chi connectivity index (χ2n) is 8.81. The van der Waals surface area contributed by atoms with E-state index in [-0.39, 0.29) is 11.5 Å². The fourth-order valence-electron chi connectivity index (χ4n) is 4.84. The molecule has 0 atom stereocenters. The molecule has 34 heavy (non-hydrogen) atoms. The van der Waals surface area contributed by atoms with Gasteiger partial charge in [0.15, 0.2) is 0 Å². The number of halogens is 1. The first-order valence-electron chi connectivity index (χ1n) is 11.9. The SMILES string of the molecule is O=C(c1ccccc1F)N(CCCN1CCOCC1)Cc1c2ccccc2cc2ccccc12. The number of benzene rings is 4. The van der Waals surface area contributed by atoms with Crippen molar-refractivity contribution in [2.75, 3.05) is 39.4 Å². The minimum atomic E-state index is -0.478. The molecule has 1 aliphatic rings. The maximum atomic E-state index is 14.6. The lowest BCUT2D eigenvalue weighted by atomic mass is 9.96. The van der Waals surface area contributed by atoms with Crippen LogP contribution in [0.4, 0.5) is 4.39 Å². The third kappa shape index (κ3) is 4.81. The number of hydrogen-bond acceptors (Lipinski definition) is 3. The minimum Gasteiger partial charge on any atom is -0.379 e. The molecule has 1 amide bonds. The maximum absolute atomic E-state index is 14.6. The van der Waals surface area contributed by atoms with Gasteiger partial charge in [-0.1, -0.05) is 60.7 Å². The van der Waals surface area contributed by atoms with Gasteiger partial charge < -0.3 is 9.64 Å². The molecule has 0 spiro atoms. The van der Waals surface area contributed by atoms with E-state index in [0.717, 1.165) is 66.4 Å². The van der Waals surface area contributed by atoms with E-state index >= 15 is 0 Å². The van der Waals surface area contributed by atoms with Gasteiger partial charge in [-0.05, 0) is 51.7 Å². The molecule has 0 saturated carbocycles. The summed E-state index contributed by atoms with van der Waals surface area (Å²) in [7, 11) is 0. The van der Waals surface area contributed by atoms with E-state index in [9.17, 15) is 9.18 Å². The van der Waals surface area contributed by atoms with Gasteiger partial charge in [0.2, 0.25) is 0 Å². The van der Waals surface area contributed by atoms with Crippen LogP contribution in [0, 0.1) is 5.82 Å². The molecule has 0 unspecified atom stereocenters. The molecule has 1 aliphatic heterocycles. The fraction of sp³-hybridized carbons (Fsp3) is 0.276. The summed E-state index contributed by atoms with van der Waals surface area (Å²) >= 11 is 0. The van der Waals surface area contributed by atoms with Gasteiger partial charge in [-0.15, -0.1) is 0 Å². The molecule has 0 aliphatic carbocycles. The third-order valence-electron chi connectivity index (χ3n) is 6.63. The quantitative estimate of drug-likeness (QED) is 0.345. The Morgan fingerprint density at radius 3 is 2.18 bits per heavy atom. The summed E-state index contributed by atoms with van der Waals surface area (Å²) in [6, 6.07) is 25.0. The molecule has 5 heteroatoms. The lowest BCUT2D eigenvalue weighted by Gasteiger charge is -2.29. The Bertz CT molecular complexity index is 1250. The first-order valence-corrected chi connectivity index (χ1v) is 11.9. The first kappa shape index (κ1) is 22.5. The van der Waals surface area contributed by atoms with Crippen molar-refractivity contribution in [3.05, 3.63) is 95.8 Å². The lowest BCUT2D eigenvalue weighted by Crippen LogP contribution is -2.39. The van der Waals surface area contributed by atoms with Gasteiger partial charge >= 0.3 is 0 Å². The molecule has 4 aromatic rings. The van der Waals surface area contributed by atoms with Crippen molar-refractivity contribution in [2.24, 2.45) is 0 Å². The van der Waals surface area contributed by atoms with Crippen LogP contribution < -0.4 is 0 Å². The maximum Gasteiger partial charge on any atom is 0.257 e. The van der Waals surface area contributed by atoms with Crippen LogP contribution in [0.2, 0.25) is 0 Å². The molecular weight excluding hydrogens is 427 g/mol. The minimum absolute atomic E-state index is 0.124. The molecule has 0 N–H and O–H groups in total. The van der Waals surface area contributed by atoms with E-state index in [1.807, 2.05) is 29.2 Å². The third-order valence-corrected chi connectivity index (χ3v) is 6.63. The van der Waals surface area contributed by atoms with Crippen molar-refractivity contribution in [1.29, 1.82) is 0 Å². The number of amides is 1. The van der Waals surface area contributed by atoms with E-state index in [1.165, 1.54) is 6.07 Å². The first-order chi connectivity index (χ1) is 16.7. The number of hydrogen-bond donors (Lipinski definition) is 0. The summed E-state index contributed by atoms with van der Waals surface area (Å²) in [6.45, 7) is 5.20. The van der Waals surface area contributed by atoms with Gasteiger partial charge in [-0.2, -0.15) is 0 Å². The Balaban J connectivity index is 1.49. The number of rotatable bonds is 7. The number of nitrogens with zero attached hydrogens (tertiary/aromatic N) is 2. The number of ether oxygens (including phenoxy) is 1. The number of morpholine rings is 1. The molecular formula is C29H29FN2O2. The van der Waals surface area contributed by atoms with Crippen molar-refractivity contribution in [3.63, 3.8) is 0 Å². The molecule has 5 rings (SSSR count). The molecule has 174 valence electrons. The number of carbonyl (C=O) groups excluding carboxylic acids is 1. The summed E-state index contributed by atoms with van der Waals surface area (Å²) in [5.41, 5.74) is 1.23. The molecule has 0 bridgehead atoms. The molecule has 1 fully saturated rings. The van der Waals surface area contributed by atoms with Crippen LogP contribution in [0.25, 0.3) is 21.5 Å². The predicted octanol–water partition coefficient (Wildman–Crippen LogP) is 5.50. The van der Waals surface area contributed by atoms with E-state index in [0.29, 0.717) is 13.1 Å². The zero-order valence-corrected chi connectivity index (χ0v) is 19.3. The highest BCUT2D eigenvalue weighted by Gasteiger charge is 2.21. The Morgan fingerprint density at radius 2 is 1.50 bits per heavy atom. The molecule has 4 aromatic carbocycles. The van der Waals surface area contributed by atoms with Crippen LogP contribution >= 0.6 is 0 Å². The van der Waals surface area contributed by atoms with Gasteiger partial charge in [0.1, 0.15) is 5.82 Å². The van der Waals surface area contributed by atoms with Gasteiger partial charge in [-0.25, -0.2) is 4.39 Å². The topological polar surface area (TPSA) is 32.8 Å². The van der Waals surface area contributed by atoms with Crippen molar-refractivity contribution in [1.82, 2.24) is 9.80 Å². The standard InChI is InChI=1S/C29H29FN2O2/c30-28-13-6-5-12-26(28)29(33)32(15-7-14-31-16-18-34-19-17-31)21-27-24-10-3-1-8-22(24)20-23-9-2-4-11-25(23)27/h1-6,8-13,20H,7,14-19,21H2. The summed E-state index contributed by atoms with van der Waals surface area (Å²) in [6.07, 6.45) is 0.822. The van der Waals surface area contributed by atoms with Crippen molar-refractivity contribution >= 4 is 27.5 Å². The highest BCUT2D eigenvalue weighted by Crippen LogP contribution is 2.30. The average molecular weight is 457 g/mol. The predicted molar refractivity (Wildman–Crippen MR) is 134 cm³/mol. The van der Waals surface area contributed by atoms with Gasteiger partial charge in [-0.3, -0.25) is 9.69 Å². The fourth-order valence-corrected chi connectivity index (χ4v) is 4.84. The highest BCUT2D eigenvalue weighted by atomic mass is 19.1. The zero-order chi connectivity index (χ0) is 23.3. The van der Waals surface area contributed by atoms with E-state index in [2.05, 4.69) is 35.2 Å². The zero-order valence-electron chi connectivity index (χ0n) is 19.3. The Morgan fingerprint density at radius 1 is 0.882 bits per heavy atom. The van der Waals surface area contributed by atoms with E-state index in [4.69, 9.17) is 4.74 Å². The molecule has 1 saturated heterocycles. The molecule has 1 heterocycles. The number of fused-ring (bicyclic) bond motifs is 2. The van der Waals surface area contributed by atoms with Crippen LogP contribution in [0.1, 0.15) is 22.3 Å². The summed E-state index contributed by atoms with van der Waals surface area (Å²) < 4.78 is 20.0. The molecule has 0 radical (unpaired) electrons. The van der Waals surface area contributed by atoms with Crippen LogP contribution in [0.5, 0.6) is 0 Å². The van der Waals surface area contributed by atoms with Crippen LogP contribution in [-0.2, 0) is 11.3 Å². The van der Waals surface area contributed by atoms with Crippen molar-refractivity contribution in [3.8, 4) is 0 Å². The lowest BCUT2D eigenvalue weighted by molar-refractivity contribution is 0.0355. The highest BCUT2D eigenvalue weighted by molar-refractivity contribution is 6.03. The van der Waals surface area contributed by atoms with E-state index < -0.39 is 5.82 Å². The second-order valence-corrected chi connectivity index (χ2v) is 8.81. The normalized spacial score (nSPS) is 14.5. The Labute approximate surface area is 199 Å². The van der Waals surface area contributed by atoms with Gasteiger partial charge in [0.25, 0.3) is 5.91 Å². The summed E-state index contributed by atoms with van der Waals surface area (Å²) in [5.74, 6) is -0.745. The summed E-state index contributed by atoms with van der Waals surface area (Å²) in [4.78, 5) is 17.8. The van der Waals surface area contributed by atoms with Crippen LogP contribution in [0.3, 0.4) is 0 Å². The summed E-state index contributed by atoms with van der Waals surface area (Å²) in [5, 5.41) is 4.53. The van der Waals surface area contributed by atoms with Crippen LogP contribution in [-0.4, -0.2) is 55.1 Å². The Hall–Kier alpha value is -3.28. The van der Waals surface area contributed by atoms with Gasteiger partial charge in [0, 0.05) is 32.7 Å². The monoisotopic (exact) mass is 456 g/mol. The molecule has 4 nitrogen and oxygen atoms in total. The largest absolute Gasteiger partial charge is 0.379 e. The number of carbonyl (C=O) groups is 1. The van der Waals surface area contributed by atoms with Gasteiger partial charge in [0.05, 0.1) is 18.8 Å². The van der Waals surface area contributed by atoms with E-state index in [1.54, 1.807) is 18.2 Å². The van der Waals surface area contributed by atoms with Crippen LogP contribution in [0.15, 0.2) is 78.9 Å². The average Bonchev–Trinajstić information content (AvgIpc) is 2.88.